The van der Waals surface area contributed by atoms with Crippen LogP contribution in [-0.4, -0.2) is 21.4 Å². The van der Waals surface area contributed by atoms with Gasteiger partial charge in [0.1, 0.15) is 17.7 Å². The highest BCUT2D eigenvalue weighted by molar-refractivity contribution is 5.95. The molecular weight excluding hydrogens is 347 g/mol. The molecule has 0 radical (unpaired) electrons. The summed E-state index contributed by atoms with van der Waals surface area (Å²) in [5.41, 5.74) is 1.31. The largest absolute Gasteiger partial charge is 0.338 e. The molecule has 1 unspecified atom stereocenters. The first-order valence-corrected chi connectivity index (χ1v) is 8.36. The van der Waals surface area contributed by atoms with Gasteiger partial charge < -0.3 is 15.2 Å². The fourth-order valence-corrected chi connectivity index (χ4v) is 2.77. The van der Waals surface area contributed by atoms with E-state index in [4.69, 9.17) is 0 Å². The zero-order chi connectivity index (χ0) is 19.4. The van der Waals surface area contributed by atoms with Gasteiger partial charge in [-0.1, -0.05) is 18.2 Å². The number of halogens is 1. The van der Waals surface area contributed by atoms with E-state index in [9.17, 15) is 14.0 Å². The molecule has 0 aliphatic carbocycles. The first-order valence-electron chi connectivity index (χ1n) is 8.36. The fourth-order valence-electron chi connectivity index (χ4n) is 2.77. The SMILES string of the molecule is CC(=O)Nc1ccc(C(=O)NC(c2ccccc2F)c2nccn2C)cc1. The van der Waals surface area contributed by atoms with E-state index in [1.807, 2.05) is 0 Å². The Labute approximate surface area is 156 Å². The second-order valence-electron chi connectivity index (χ2n) is 6.08. The maximum Gasteiger partial charge on any atom is 0.252 e. The number of benzene rings is 2. The molecule has 1 atom stereocenters. The van der Waals surface area contributed by atoms with Crippen LogP contribution in [0.5, 0.6) is 0 Å². The third-order valence-corrected chi connectivity index (χ3v) is 4.08. The van der Waals surface area contributed by atoms with Crippen molar-refractivity contribution in [2.45, 2.75) is 13.0 Å². The maximum absolute atomic E-state index is 14.4. The number of carbonyl (C=O) groups excluding carboxylic acids is 2. The Bertz CT molecular complexity index is 966. The molecule has 2 aromatic carbocycles. The number of imidazole rings is 1. The summed E-state index contributed by atoms with van der Waals surface area (Å²) in [4.78, 5) is 28.1. The summed E-state index contributed by atoms with van der Waals surface area (Å²) in [6.45, 7) is 1.41. The van der Waals surface area contributed by atoms with Crippen molar-refractivity contribution in [3.63, 3.8) is 0 Å². The van der Waals surface area contributed by atoms with E-state index in [1.54, 1.807) is 66.5 Å². The van der Waals surface area contributed by atoms with Gasteiger partial charge in [0.2, 0.25) is 5.91 Å². The molecule has 138 valence electrons. The number of amides is 2. The van der Waals surface area contributed by atoms with Crippen LogP contribution in [0.1, 0.15) is 34.7 Å². The number of nitrogens with zero attached hydrogens (tertiary/aromatic N) is 2. The Morgan fingerprint density at radius 2 is 1.81 bits per heavy atom. The van der Waals surface area contributed by atoms with Crippen LogP contribution >= 0.6 is 0 Å². The molecular formula is C20H19FN4O2. The molecule has 0 aliphatic rings. The molecule has 0 spiro atoms. The highest BCUT2D eigenvalue weighted by Gasteiger charge is 2.24. The predicted octanol–water partition coefficient (Wildman–Crippen LogP) is 3.04. The topological polar surface area (TPSA) is 76.0 Å². The number of hydrogen-bond acceptors (Lipinski definition) is 3. The minimum Gasteiger partial charge on any atom is -0.338 e. The van der Waals surface area contributed by atoms with E-state index in [0.717, 1.165) is 0 Å². The van der Waals surface area contributed by atoms with E-state index < -0.39 is 11.9 Å². The summed E-state index contributed by atoms with van der Waals surface area (Å²) < 4.78 is 16.1. The van der Waals surface area contributed by atoms with Crippen LogP contribution in [0, 0.1) is 5.82 Å². The number of aromatic nitrogens is 2. The van der Waals surface area contributed by atoms with Crippen molar-refractivity contribution < 1.29 is 14.0 Å². The number of carbonyl (C=O) groups is 2. The van der Waals surface area contributed by atoms with Crippen LogP contribution in [0.2, 0.25) is 0 Å². The van der Waals surface area contributed by atoms with E-state index in [0.29, 0.717) is 22.6 Å². The highest BCUT2D eigenvalue weighted by Crippen LogP contribution is 2.23. The standard InChI is InChI=1S/C20H19FN4O2/c1-13(26)23-15-9-7-14(8-10-15)20(27)24-18(19-22-11-12-25(19)2)16-5-3-4-6-17(16)21/h3-12,18H,1-2H3,(H,23,26)(H,24,27). The van der Waals surface area contributed by atoms with E-state index >= 15 is 0 Å². The fraction of sp³-hybridized carbons (Fsp3) is 0.150. The van der Waals surface area contributed by atoms with E-state index in [2.05, 4.69) is 15.6 Å². The van der Waals surface area contributed by atoms with Gasteiger partial charge in [0, 0.05) is 43.2 Å². The van der Waals surface area contributed by atoms with E-state index in [1.165, 1.54) is 13.0 Å². The normalized spacial score (nSPS) is 11.7. The molecule has 0 bridgehead atoms. The molecule has 0 fully saturated rings. The predicted molar refractivity (Wildman–Crippen MR) is 99.7 cm³/mol. The Morgan fingerprint density at radius 1 is 1.11 bits per heavy atom. The number of rotatable bonds is 5. The quantitative estimate of drug-likeness (QED) is 0.729. The molecule has 1 aromatic heterocycles. The number of nitrogens with one attached hydrogen (secondary N) is 2. The van der Waals surface area contributed by atoms with Crippen LogP contribution in [0.3, 0.4) is 0 Å². The van der Waals surface area contributed by atoms with Gasteiger partial charge in [0.25, 0.3) is 5.91 Å². The van der Waals surface area contributed by atoms with Gasteiger partial charge >= 0.3 is 0 Å². The molecule has 6 nitrogen and oxygen atoms in total. The van der Waals surface area contributed by atoms with Crippen molar-refractivity contribution in [1.29, 1.82) is 0 Å². The van der Waals surface area contributed by atoms with Gasteiger partial charge in [-0.05, 0) is 30.3 Å². The minimum atomic E-state index is -0.742. The van der Waals surface area contributed by atoms with Crippen LogP contribution in [-0.2, 0) is 11.8 Å². The Hall–Kier alpha value is -3.48. The number of anilines is 1. The lowest BCUT2D eigenvalue weighted by atomic mass is 10.0. The van der Waals surface area contributed by atoms with Crippen LogP contribution in [0.15, 0.2) is 60.9 Å². The van der Waals surface area contributed by atoms with Crippen molar-refractivity contribution in [2.24, 2.45) is 7.05 Å². The summed E-state index contributed by atoms with van der Waals surface area (Å²) >= 11 is 0. The van der Waals surface area contributed by atoms with Gasteiger partial charge in [-0.3, -0.25) is 9.59 Å². The number of hydrogen-bond donors (Lipinski definition) is 2. The van der Waals surface area contributed by atoms with Crippen LogP contribution in [0.4, 0.5) is 10.1 Å². The van der Waals surface area contributed by atoms with E-state index in [-0.39, 0.29) is 11.8 Å². The Balaban J connectivity index is 1.88. The molecule has 3 aromatic rings. The van der Waals surface area contributed by atoms with Crippen molar-refractivity contribution in [1.82, 2.24) is 14.9 Å². The summed E-state index contributed by atoms with van der Waals surface area (Å²) in [5.74, 6) is -0.475. The molecule has 2 amide bonds. The zero-order valence-electron chi connectivity index (χ0n) is 14.9. The van der Waals surface area contributed by atoms with Gasteiger partial charge in [-0.15, -0.1) is 0 Å². The van der Waals surface area contributed by atoms with Crippen molar-refractivity contribution >= 4 is 17.5 Å². The molecule has 0 saturated carbocycles. The van der Waals surface area contributed by atoms with Gasteiger partial charge in [-0.2, -0.15) is 0 Å². The molecule has 3 rings (SSSR count). The zero-order valence-corrected chi connectivity index (χ0v) is 14.9. The number of aryl methyl sites for hydroxylation is 1. The van der Waals surface area contributed by atoms with Gasteiger partial charge in [0.15, 0.2) is 0 Å². The summed E-state index contributed by atoms with van der Waals surface area (Å²) in [7, 11) is 1.78. The monoisotopic (exact) mass is 366 g/mol. The molecule has 7 heteroatoms. The molecule has 0 saturated heterocycles. The smallest absolute Gasteiger partial charge is 0.252 e. The molecule has 0 aliphatic heterocycles. The highest BCUT2D eigenvalue weighted by atomic mass is 19.1. The Morgan fingerprint density at radius 3 is 2.41 bits per heavy atom. The summed E-state index contributed by atoms with van der Waals surface area (Å²) in [5, 5.41) is 5.49. The molecule has 1 heterocycles. The average Bonchev–Trinajstić information content (AvgIpc) is 3.06. The van der Waals surface area contributed by atoms with Crippen LogP contribution < -0.4 is 10.6 Å². The lowest BCUT2D eigenvalue weighted by Crippen LogP contribution is -2.31. The Kier molecular flexibility index (Phi) is 5.30. The molecule has 2 N–H and O–H groups in total. The van der Waals surface area contributed by atoms with Crippen molar-refractivity contribution in [2.75, 3.05) is 5.32 Å². The second kappa shape index (κ2) is 7.82. The van der Waals surface area contributed by atoms with Gasteiger partial charge in [-0.25, -0.2) is 9.37 Å². The minimum absolute atomic E-state index is 0.193. The van der Waals surface area contributed by atoms with Crippen LogP contribution in [0.25, 0.3) is 0 Å². The third-order valence-electron chi connectivity index (χ3n) is 4.08. The lowest BCUT2D eigenvalue weighted by molar-refractivity contribution is -0.114. The molecule has 27 heavy (non-hydrogen) atoms. The van der Waals surface area contributed by atoms with Crippen molar-refractivity contribution in [3.8, 4) is 0 Å². The average molecular weight is 366 g/mol. The van der Waals surface area contributed by atoms with Crippen molar-refractivity contribution in [3.05, 3.63) is 83.7 Å². The lowest BCUT2D eigenvalue weighted by Gasteiger charge is -2.20. The maximum atomic E-state index is 14.4. The second-order valence-corrected chi connectivity index (χ2v) is 6.08. The summed E-state index contributed by atoms with van der Waals surface area (Å²) in [6.07, 6.45) is 3.33. The first-order chi connectivity index (χ1) is 13.0. The summed E-state index contributed by atoms with van der Waals surface area (Å²) in [6, 6.07) is 12.0. The van der Waals surface area contributed by atoms with Gasteiger partial charge in [0.05, 0.1) is 0 Å². The third kappa shape index (κ3) is 4.20. The first kappa shape index (κ1) is 18.3.